The van der Waals surface area contributed by atoms with Crippen molar-refractivity contribution in [2.75, 3.05) is 20.7 Å². The molecule has 29 heavy (non-hydrogen) atoms. The first kappa shape index (κ1) is 20.6. The maximum atomic E-state index is 13.1. The zero-order valence-corrected chi connectivity index (χ0v) is 17.6. The Balaban J connectivity index is 1.94. The first-order valence-corrected chi connectivity index (χ1v) is 9.72. The van der Waals surface area contributed by atoms with Crippen LogP contribution in [-0.4, -0.2) is 52.7 Å². The number of methoxy groups -OCH3 is 1. The third-order valence-electron chi connectivity index (χ3n) is 5.15. The fourth-order valence-corrected chi connectivity index (χ4v) is 3.63. The maximum absolute atomic E-state index is 13.1. The van der Waals surface area contributed by atoms with Crippen molar-refractivity contribution in [3.63, 3.8) is 0 Å². The van der Waals surface area contributed by atoms with E-state index in [0.29, 0.717) is 12.2 Å². The van der Waals surface area contributed by atoms with Crippen LogP contribution in [0.25, 0.3) is 0 Å². The first-order chi connectivity index (χ1) is 13.8. The summed E-state index contributed by atoms with van der Waals surface area (Å²) in [5.41, 5.74) is 2.69. The van der Waals surface area contributed by atoms with E-state index in [1.165, 1.54) is 9.91 Å². The van der Waals surface area contributed by atoms with Crippen molar-refractivity contribution in [2.45, 2.75) is 26.3 Å². The van der Waals surface area contributed by atoms with Gasteiger partial charge in [0.1, 0.15) is 12.3 Å². The van der Waals surface area contributed by atoms with E-state index >= 15 is 0 Å². The minimum absolute atomic E-state index is 0.0213. The standard InChI is InChI=1S/C22H28N4O3/c1-15(2)22(28)25(4)14-21(27)26-19(16-9-6-7-11-20(16)29-5)13-17(23-26)18-10-8-12-24(18)3/h6-12,15,19H,13-14H2,1-5H3/t19-/m0/s1. The molecule has 3 rings (SSSR count). The van der Waals surface area contributed by atoms with Crippen molar-refractivity contribution >= 4 is 17.5 Å². The predicted molar refractivity (Wildman–Crippen MR) is 112 cm³/mol. The largest absolute Gasteiger partial charge is 0.496 e. The summed E-state index contributed by atoms with van der Waals surface area (Å²) >= 11 is 0. The third-order valence-corrected chi connectivity index (χ3v) is 5.15. The highest BCUT2D eigenvalue weighted by atomic mass is 16.5. The monoisotopic (exact) mass is 396 g/mol. The number of carbonyl (C=O) groups excluding carboxylic acids is 2. The number of hydrazone groups is 1. The number of amides is 2. The normalized spacial score (nSPS) is 16.1. The average molecular weight is 396 g/mol. The van der Waals surface area contributed by atoms with Crippen LogP contribution in [0.1, 0.15) is 37.6 Å². The van der Waals surface area contributed by atoms with Gasteiger partial charge in [0.25, 0.3) is 5.91 Å². The number of aryl methyl sites for hydroxylation is 1. The summed E-state index contributed by atoms with van der Waals surface area (Å²) in [6, 6.07) is 11.3. The number of hydrogen-bond acceptors (Lipinski definition) is 4. The number of ether oxygens (including phenoxy) is 1. The Labute approximate surface area is 171 Å². The van der Waals surface area contributed by atoms with Crippen LogP contribution in [0.5, 0.6) is 5.75 Å². The zero-order chi connectivity index (χ0) is 21.1. The number of hydrogen-bond donors (Lipinski definition) is 0. The second-order valence-corrected chi connectivity index (χ2v) is 7.60. The molecule has 1 aliphatic rings. The molecular weight excluding hydrogens is 368 g/mol. The Bertz CT molecular complexity index is 932. The van der Waals surface area contributed by atoms with Crippen molar-refractivity contribution in [3.05, 3.63) is 53.9 Å². The summed E-state index contributed by atoms with van der Waals surface area (Å²) in [5, 5.41) is 6.17. The molecule has 0 N–H and O–H groups in total. The summed E-state index contributed by atoms with van der Waals surface area (Å²) in [6.45, 7) is 3.62. The van der Waals surface area contributed by atoms with E-state index in [1.807, 2.05) is 68.1 Å². The van der Waals surface area contributed by atoms with Gasteiger partial charge in [-0.2, -0.15) is 5.10 Å². The Kier molecular flexibility index (Phi) is 6.06. The van der Waals surface area contributed by atoms with Crippen LogP contribution in [0.4, 0.5) is 0 Å². The molecule has 1 aliphatic heterocycles. The number of para-hydroxylation sites is 1. The highest BCUT2D eigenvalue weighted by Gasteiger charge is 2.36. The molecule has 0 fully saturated rings. The van der Waals surface area contributed by atoms with E-state index in [4.69, 9.17) is 4.74 Å². The number of likely N-dealkylation sites (N-methyl/N-ethyl adjacent to an activating group) is 1. The zero-order valence-electron chi connectivity index (χ0n) is 17.6. The van der Waals surface area contributed by atoms with Gasteiger partial charge < -0.3 is 14.2 Å². The molecule has 0 bridgehead atoms. The van der Waals surface area contributed by atoms with E-state index in [-0.39, 0.29) is 30.3 Å². The predicted octanol–water partition coefficient (Wildman–Crippen LogP) is 2.83. The molecular formula is C22H28N4O3. The molecule has 7 heteroatoms. The van der Waals surface area contributed by atoms with Crippen LogP contribution in [0.15, 0.2) is 47.7 Å². The first-order valence-electron chi connectivity index (χ1n) is 9.72. The summed E-state index contributed by atoms with van der Waals surface area (Å²) in [7, 11) is 5.22. The number of aromatic nitrogens is 1. The molecule has 2 amide bonds. The Morgan fingerprint density at radius 1 is 1.24 bits per heavy atom. The minimum atomic E-state index is -0.286. The van der Waals surface area contributed by atoms with Crippen molar-refractivity contribution in [1.82, 2.24) is 14.5 Å². The van der Waals surface area contributed by atoms with Crippen LogP contribution in [0, 0.1) is 5.92 Å². The Hall–Kier alpha value is -3.09. The van der Waals surface area contributed by atoms with Crippen LogP contribution in [0.2, 0.25) is 0 Å². The molecule has 1 aromatic heterocycles. The smallest absolute Gasteiger partial charge is 0.262 e. The summed E-state index contributed by atoms with van der Waals surface area (Å²) in [5.74, 6) is 0.253. The van der Waals surface area contributed by atoms with Gasteiger partial charge in [-0.05, 0) is 18.2 Å². The number of nitrogens with zero attached hydrogens (tertiary/aromatic N) is 4. The van der Waals surface area contributed by atoms with Crippen LogP contribution in [-0.2, 0) is 16.6 Å². The van der Waals surface area contributed by atoms with Gasteiger partial charge in [-0.1, -0.05) is 32.0 Å². The summed E-state index contributed by atoms with van der Waals surface area (Å²) in [4.78, 5) is 26.8. The Morgan fingerprint density at radius 3 is 2.59 bits per heavy atom. The molecule has 1 atom stereocenters. The lowest BCUT2D eigenvalue weighted by Crippen LogP contribution is -2.40. The molecule has 0 saturated heterocycles. The highest BCUT2D eigenvalue weighted by Crippen LogP contribution is 2.37. The molecule has 0 saturated carbocycles. The minimum Gasteiger partial charge on any atom is -0.496 e. The quantitative estimate of drug-likeness (QED) is 0.754. The third kappa shape index (κ3) is 4.18. The second-order valence-electron chi connectivity index (χ2n) is 7.60. The van der Waals surface area contributed by atoms with Crippen molar-refractivity contribution in [2.24, 2.45) is 18.1 Å². The van der Waals surface area contributed by atoms with Crippen LogP contribution in [0.3, 0.4) is 0 Å². The summed E-state index contributed by atoms with van der Waals surface area (Å²) < 4.78 is 7.51. The molecule has 154 valence electrons. The topological polar surface area (TPSA) is 67.1 Å². The van der Waals surface area contributed by atoms with Crippen molar-refractivity contribution in [3.8, 4) is 5.75 Å². The Morgan fingerprint density at radius 2 is 1.97 bits per heavy atom. The van der Waals surface area contributed by atoms with Crippen LogP contribution < -0.4 is 4.74 Å². The number of carbonyl (C=O) groups is 2. The lowest BCUT2D eigenvalue weighted by molar-refractivity contribution is -0.142. The van der Waals surface area contributed by atoms with Gasteiger partial charge in [0.2, 0.25) is 5.91 Å². The molecule has 2 aromatic rings. The number of benzene rings is 1. The average Bonchev–Trinajstić information content (AvgIpc) is 3.33. The van der Waals surface area contributed by atoms with E-state index in [2.05, 4.69) is 5.10 Å². The molecule has 0 spiro atoms. The highest BCUT2D eigenvalue weighted by molar-refractivity contribution is 6.02. The van der Waals surface area contributed by atoms with Crippen molar-refractivity contribution in [1.29, 1.82) is 0 Å². The van der Waals surface area contributed by atoms with Gasteiger partial charge in [0, 0.05) is 38.2 Å². The lowest BCUT2D eigenvalue weighted by Gasteiger charge is -2.26. The van der Waals surface area contributed by atoms with E-state index in [0.717, 1.165) is 17.0 Å². The molecule has 0 aliphatic carbocycles. The van der Waals surface area contributed by atoms with Crippen molar-refractivity contribution < 1.29 is 14.3 Å². The molecule has 2 heterocycles. The molecule has 0 unspecified atom stereocenters. The van der Waals surface area contributed by atoms with Gasteiger partial charge in [-0.25, -0.2) is 5.01 Å². The van der Waals surface area contributed by atoms with Gasteiger partial charge >= 0.3 is 0 Å². The fourth-order valence-electron chi connectivity index (χ4n) is 3.63. The van der Waals surface area contributed by atoms with E-state index in [9.17, 15) is 9.59 Å². The van der Waals surface area contributed by atoms with Gasteiger partial charge in [0.05, 0.1) is 24.6 Å². The molecule has 1 aromatic carbocycles. The van der Waals surface area contributed by atoms with E-state index in [1.54, 1.807) is 14.2 Å². The SMILES string of the molecule is COc1ccccc1[C@@H]1CC(c2cccn2C)=NN1C(=O)CN(C)C(=O)C(C)C. The maximum Gasteiger partial charge on any atom is 0.262 e. The fraction of sp³-hybridized carbons (Fsp3) is 0.409. The molecule has 7 nitrogen and oxygen atoms in total. The van der Waals surface area contributed by atoms with E-state index < -0.39 is 0 Å². The summed E-state index contributed by atoms with van der Waals surface area (Å²) in [6.07, 6.45) is 2.53. The number of rotatable bonds is 6. The second kappa shape index (κ2) is 8.51. The molecule has 0 radical (unpaired) electrons. The van der Waals surface area contributed by atoms with Gasteiger partial charge in [-0.15, -0.1) is 0 Å². The lowest BCUT2D eigenvalue weighted by atomic mass is 9.99. The van der Waals surface area contributed by atoms with Gasteiger partial charge in [0.15, 0.2) is 0 Å². The van der Waals surface area contributed by atoms with Crippen LogP contribution >= 0.6 is 0 Å². The van der Waals surface area contributed by atoms with Gasteiger partial charge in [-0.3, -0.25) is 9.59 Å².